The van der Waals surface area contributed by atoms with Crippen LogP contribution in [0.5, 0.6) is 23.0 Å². The molecule has 508 valence electrons. The molecule has 2 aliphatic heterocycles. The lowest BCUT2D eigenvalue weighted by Gasteiger charge is -2.41. The van der Waals surface area contributed by atoms with Gasteiger partial charge in [0.05, 0.1) is 21.7 Å². The number of hydrogen-bond donors (Lipinski definition) is 0. The van der Waals surface area contributed by atoms with Crippen LogP contribution in [0.1, 0.15) is 89.0 Å². The van der Waals surface area contributed by atoms with Gasteiger partial charge in [0.25, 0.3) is 0 Å². The van der Waals surface area contributed by atoms with E-state index in [2.05, 4.69) is 388 Å². The van der Waals surface area contributed by atoms with Crippen LogP contribution in [0.15, 0.2) is 388 Å². The molecule has 0 saturated carbocycles. The third kappa shape index (κ3) is 7.35. The maximum atomic E-state index is 7.22. The second-order valence-corrected chi connectivity index (χ2v) is 30.9. The van der Waals surface area contributed by atoms with Crippen molar-refractivity contribution < 1.29 is 9.47 Å². The molecule has 0 N–H and O–H groups in total. The van der Waals surface area contributed by atoms with E-state index in [1.54, 1.807) is 0 Å². The van der Waals surface area contributed by atoms with E-state index in [0.717, 1.165) is 61.9 Å². The fourth-order valence-corrected chi connectivity index (χ4v) is 22.4. The smallest absolute Gasteiger partial charge is 0.132 e. The molecular formula is C108H64O2. The van der Waals surface area contributed by atoms with Crippen molar-refractivity contribution in [3.05, 3.63) is 477 Å². The molecule has 3 spiro atoms. The molecule has 2 atom stereocenters. The van der Waals surface area contributed by atoms with E-state index in [-0.39, 0.29) is 0 Å². The van der Waals surface area contributed by atoms with Crippen LogP contribution in [0.4, 0.5) is 0 Å². The first-order valence-electron chi connectivity index (χ1n) is 38.5. The molecule has 110 heavy (non-hydrogen) atoms. The zero-order valence-corrected chi connectivity index (χ0v) is 59.8. The summed E-state index contributed by atoms with van der Waals surface area (Å²) in [5.41, 5.74) is 36.6. The summed E-state index contributed by atoms with van der Waals surface area (Å²) in [5.74, 6) is 3.52. The maximum Gasteiger partial charge on any atom is 0.132 e. The molecule has 0 bridgehead atoms. The second kappa shape index (κ2) is 21.9. The summed E-state index contributed by atoms with van der Waals surface area (Å²) in [6.07, 6.45) is 0. The maximum absolute atomic E-state index is 7.22. The summed E-state index contributed by atoms with van der Waals surface area (Å²) in [6, 6.07) is 147. The fourth-order valence-electron chi connectivity index (χ4n) is 22.4. The van der Waals surface area contributed by atoms with E-state index in [4.69, 9.17) is 9.47 Å². The number of para-hydroxylation sites is 2. The lowest BCUT2D eigenvalue weighted by atomic mass is 9.62. The first-order valence-corrected chi connectivity index (χ1v) is 38.5. The number of hydrogen-bond acceptors (Lipinski definition) is 2. The van der Waals surface area contributed by atoms with Crippen LogP contribution in [0.25, 0.3) is 111 Å². The van der Waals surface area contributed by atoms with Gasteiger partial charge >= 0.3 is 0 Å². The summed E-state index contributed by atoms with van der Waals surface area (Å²) >= 11 is 0. The Bertz CT molecular complexity index is 7040. The van der Waals surface area contributed by atoms with Crippen LogP contribution in [0, 0.1) is 0 Å². The highest BCUT2D eigenvalue weighted by Crippen LogP contribution is 2.70. The van der Waals surface area contributed by atoms with Crippen LogP contribution in [0.2, 0.25) is 0 Å². The number of fused-ring (bicyclic) bond motifs is 34. The normalized spacial score (nSPS) is 16.7. The Morgan fingerprint density at radius 2 is 0.500 bits per heavy atom. The predicted octanol–water partition coefficient (Wildman–Crippen LogP) is 26.6. The molecule has 2 unspecified atom stereocenters. The fraction of sp³-hybridized carbons (Fsp3) is 0.0370. The van der Waals surface area contributed by atoms with Gasteiger partial charge in [0, 0.05) is 22.3 Å². The standard InChI is InChI=1S/C108H64O2/c1-2-29-69(30-3-1)105(86-42-13-10-36-77(86)81-41-26-54-101-104(81)107(95-50-21-23-52-99(95)110-101)90-46-17-8-34-75(90)76-35-9-18-47-91(76)107)87-43-14-11-38-79(87)85-64-83-66(62-97(85)105)28-24-39-70(83)67-57-60-93-84(61-67)78-37-12-19-48-92(78)108(93)96-63-68(56-58-80(96)82-59-55-65-27-4-5-31-71(65)102(82)108)72-40-25-53-100-103(72)106(94-49-20-22-51-98(94)109-100)88-44-15-6-32-73(88)74-33-7-16-45-89(74)106/h1-64H. The molecule has 18 aromatic rings. The molecule has 25 rings (SSSR count). The van der Waals surface area contributed by atoms with Crippen molar-refractivity contribution in [1.29, 1.82) is 0 Å². The topological polar surface area (TPSA) is 18.5 Å². The Labute approximate surface area is 637 Å². The second-order valence-electron chi connectivity index (χ2n) is 30.9. The van der Waals surface area contributed by atoms with Gasteiger partial charge in [0.2, 0.25) is 0 Å². The molecule has 2 nitrogen and oxygen atoms in total. The molecule has 0 fully saturated rings. The van der Waals surface area contributed by atoms with Gasteiger partial charge in [-0.25, -0.2) is 0 Å². The molecular weight excluding hydrogens is 1330 g/mol. The van der Waals surface area contributed by atoms with E-state index in [1.807, 2.05) is 0 Å². The molecule has 7 aliphatic rings. The third-order valence-electron chi connectivity index (χ3n) is 26.3. The van der Waals surface area contributed by atoms with Crippen molar-refractivity contribution in [2.45, 2.75) is 21.7 Å². The molecule has 18 aromatic carbocycles. The van der Waals surface area contributed by atoms with Gasteiger partial charge in [-0.2, -0.15) is 0 Å². The Balaban J connectivity index is 0.690. The largest absolute Gasteiger partial charge is 0.457 e. The Kier molecular flexibility index (Phi) is 12.0. The number of rotatable bonds is 5. The SMILES string of the molecule is c1ccc(C2(c3ccccc3-c3cccc4c3C3(c5ccccc5O4)c4ccccc4-c4ccccc43)c3ccccc3-c3cc4c(-c5ccc6c(c5)-c5ccccc5C65c6cc(-c7cccc8c7C7(c9ccccc9O8)c8ccccc8-c8ccccc87)ccc6-c6ccc7ccccc7c65)cccc4cc32)cc1. The van der Waals surface area contributed by atoms with Gasteiger partial charge in [0.1, 0.15) is 23.0 Å². The molecule has 2 heteroatoms. The first kappa shape index (κ1) is 60.2. The highest BCUT2D eigenvalue weighted by Gasteiger charge is 2.57. The zero-order valence-electron chi connectivity index (χ0n) is 59.8. The zero-order chi connectivity index (χ0) is 71.8. The Morgan fingerprint density at radius 1 is 0.155 bits per heavy atom. The molecule has 0 radical (unpaired) electrons. The van der Waals surface area contributed by atoms with Crippen LogP contribution >= 0.6 is 0 Å². The highest BCUT2D eigenvalue weighted by molar-refractivity contribution is 6.08. The van der Waals surface area contributed by atoms with Crippen LogP contribution in [0.3, 0.4) is 0 Å². The lowest BCUT2D eigenvalue weighted by molar-refractivity contribution is 0.437. The summed E-state index contributed by atoms with van der Waals surface area (Å²) < 4.78 is 14.4. The van der Waals surface area contributed by atoms with E-state index in [1.165, 1.54) is 161 Å². The quantitative estimate of drug-likeness (QED) is 0.171. The van der Waals surface area contributed by atoms with Gasteiger partial charge < -0.3 is 9.47 Å². The molecule has 0 aromatic heterocycles. The van der Waals surface area contributed by atoms with Crippen molar-refractivity contribution >= 4 is 21.5 Å². The summed E-state index contributed by atoms with van der Waals surface area (Å²) in [4.78, 5) is 0. The number of benzene rings is 18. The lowest BCUT2D eigenvalue weighted by Crippen LogP contribution is -2.33. The van der Waals surface area contributed by atoms with Crippen molar-refractivity contribution in [2.75, 3.05) is 0 Å². The predicted molar refractivity (Wildman–Crippen MR) is 446 cm³/mol. The average molecular weight is 1390 g/mol. The van der Waals surface area contributed by atoms with Crippen molar-refractivity contribution in [2.24, 2.45) is 0 Å². The Hall–Kier alpha value is -13.9. The van der Waals surface area contributed by atoms with Crippen LogP contribution in [-0.2, 0) is 21.7 Å². The minimum atomic E-state index is -0.764. The van der Waals surface area contributed by atoms with E-state index < -0.39 is 21.7 Å². The Morgan fingerprint density at radius 3 is 1.07 bits per heavy atom. The van der Waals surface area contributed by atoms with Crippen LogP contribution < -0.4 is 9.47 Å². The van der Waals surface area contributed by atoms with Gasteiger partial charge in [0.15, 0.2) is 0 Å². The third-order valence-corrected chi connectivity index (χ3v) is 26.3. The van der Waals surface area contributed by atoms with Crippen molar-refractivity contribution in [1.82, 2.24) is 0 Å². The number of ether oxygens (including phenoxy) is 2. The molecule has 0 saturated heterocycles. The van der Waals surface area contributed by atoms with E-state index in [9.17, 15) is 0 Å². The van der Waals surface area contributed by atoms with E-state index >= 15 is 0 Å². The molecule has 0 amide bonds. The van der Waals surface area contributed by atoms with Gasteiger partial charge in [-0.15, -0.1) is 0 Å². The summed E-state index contributed by atoms with van der Waals surface area (Å²) in [6.45, 7) is 0. The van der Waals surface area contributed by atoms with Crippen LogP contribution in [-0.4, -0.2) is 0 Å². The monoisotopic (exact) mass is 1390 g/mol. The molecule has 2 heterocycles. The highest BCUT2D eigenvalue weighted by atomic mass is 16.5. The van der Waals surface area contributed by atoms with Gasteiger partial charge in [-0.3, -0.25) is 0 Å². The van der Waals surface area contributed by atoms with Gasteiger partial charge in [-0.1, -0.05) is 340 Å². The van der Waals surface area contributed by atoms with Gasteiger partial charge in [-0.05, 0) is 226 Å². The van der Waals surface area contributed by atoms with Crippen molar-refractivity contribution in [3.8, 4) is 112 Å². The van der Waals surface area contributed by atoms with E-state index in [0.29, 0.717) is 0 Å². The summed E-state index contributed by atoms with van der Waals surface area (Å²) in [5, 5.41) is 4.89. The first-order chi connectivity index (χ1) is 54.6. The minimum Gasteiger partial charge on any atom is -0.457 e. The summed E-state index contributed by atoms with van der Waals surface area (Å²) in [7, 11) is 0. The molecule has 5 aliphatic carbocycles. The van der Waals surface area contributed by atoms with Crippen molar-refractivity contribution in [3.63, 3.8) is 0 Å². The average Bonchev–Trinajstić information content (AvgIpc) is 1.49. The minimum absolute atomic E-state index is 0.650.